The van der Waals surface area contributed by atoms with Gasteiger partial charge in [0.15, 0.2) is 0 Å². The molecule has 1 aromatic rings. The van der Waals surface area contributed by atoms with Gasteiger partial charge in [0.1, 0.15) is 0 Å². The second kappa shape index (κ2) is 5.85. The standard InChI is InChI=1S/C16H22N2O3/c1-10(11-8-17-9-11)14(19)18-13-6-4-12(5-7-13)16(2,3)15(20)21/h4-7,10-11,17H,8-9H2,1-3H3,(H,18,19)(H,20,21). The molecule has 114 valence electrons. The number of amides is 1. The van der Waals surface area contributed by atoms with Gasteiger partial charge in [-0.2, -0.15) is 0 Å². The molecule has 1 aliphatic heterocycles. The van der Waals surface area contributed by atoms with Crippen LogP contribution in [0.3, 0.4) is 0 Å². The van der Waals surface area contributed by atoms with E-state index in [1.54, 1.807) is 38.1 Å². The third kappa shape index (κ3) is 3.24. The van der Waals surface area contributed by atoms with Crippen LogP contribution in [0.4, 0.5) is 5.69 Å². The van der Waals surface area contributed by atoms with Gasteiger partial charge in [0.2, 0.25) is 5.91 Å². The van der Waals surface area contributed by atoms with Crippen molar-refractivity contribution in [1.29, 1.82) is 0 Å². The van der Waals surface area contributed by atoms with Gasteiger partial charge in [-0.05, 0) is 50.6 Å². The molecule has 0 aliphatic carbocycles. The van der Waals surface area contributed by atoms with Crippen LogP contribution in [0.15, 0.2) is 24.3 Å². The Bertz CT molecular complexity index is 533. The van der Waals surface area contributed by atoms with E-state index in [1.807, 2.05) is 6.92 Å². The molecular weight excluding hydrogens is 268 g/mol. The highest BCUT2D eigenvalue weighted by Gasteiger charge is 2.30. The van der Waals surface area contributed by atoms with Gasteiger partial charge in [-0.15, -0.1) is 0 Å². The Morgan fingerprint density at radius 2 is 1.86 bits per heavy atom. The van der Waals surface area contributed by atoms with Crippen molar-refractivity contribution in [1.82, 2.24) is 5.32 Å². The van der Waals surface area contributed by atoms with Crippen molar-refractivity contribution >= 4 is 17.6 Å². The second-order valence-electron chi connectivity index (χ2n) is 6.20. The fraction of sp³-hybridized carbons (Fsp3) is 0.500. The van der Waals surface area contributed by atoms with Crippen molar-refractivity contribution in [2.45, 2.75) is 26.2 Å². The third-order valence-corrected chi connectivity index (χ3v) is 4.34. The average molecular weight is 290 g/mol. The van der Waals surface area contributed by atoms with E-state index in [0.29, 0.717) is 17.2 Å². The number of rotatable bonds is 5. The number of carboxylic acid groups (broad SMARTS) is 1. The summed E-state index contributed by atoms with van der Waals surface area (Å²) in [7, 11) is 0. The first kappa shape index (κ1) is 15.5. The van der Waals surface area contributed by atoms with Gasteiger partial charge in [0, 0.05) is 11.6 Å². The number of hydrogen-bond acceptors (Lipinski definition) is 3. The van der Waals surface area contributed by atoms with E-state index >= 15 is 0 Å². The SMILES string of the molecule is CC(C(=O)Nc1ccc(C(C)(C)C(=O)O)cc1)C1CNC1. The Labute approximate surface area is 124 Å². The average Bonchev–Trinajstić information content (AvgIpc) is 2.37. The summed E-state index contributed by atoms with van der Waals surface area (Å²) in [5.41, 5.74) is 0.473. The molecule has 0 saturated carbocycles. The molecule has 1 amide bonds. The highest BCUT2D eigenvalue weighted by molar-refractivity contribution is 5.92. The van der Waals surface area contributed by atoms with Gasteiger partial charge < -0.3 is 15.7 Å². The smallest absolute Gasteiger partial charge is 0.313 e. The Balaban J connectivity index is 2.02. The van der Waals surface area contributed by atoms with Crippen molar-refractivity contribution in [2.75, 3.05) is 18.4 Å². The summed E-state index contributed by atoms with van der Waals surface area (Å²) in [6, 6.07) is 7.01. The van der Waals surface area contributed by atoms with Crippen LogP contribution in [0, 0.1) is 11.8 Å². The molecule has 1 aliphatic rings. The van der Waals surface area contributed by atoms with Gasteiger partial charge in [0.05, 0.1) is 5.41 Å². The number of hydrogen-bond donors (Lipinski definition) is 3. The van der Waals surface area contributed by atoms with Crippen LogP contribution < -0.4 is 10.6 Å². The number of carboxylic acids is 1. The Kier molecular flexibility index (Phi) is 4.32. The highest BCUT2D eigenvalue weighted by Crippen LogP contribution is 2.25. The van der Waals surface area contributed by atoms with E-state index < -0.39 is 11.4 Å². The molecule has 1 aromatic carbocycles. The first-order valence-electron chi connectivity index (χ1n) is 7.18. The minimum Gasteiger partial charge on any atom is -0.481 e. The maximum Gasteiger partial charge on any atom is 0.313 e. The van der Waals surface area contributed by atoms with Gasteiger partial charge in [0.25, 0.3) is 0 Å². The van der Waals surface area contributed by atoms with E-state index in [0.717, 1.165) is 13.1 Å². The van der Waals surface area contributed by atoms with Crippen LogP contribution >= 0.6 is 0 Å². The van der Waals surface area contributed by atoms with Crippen molar-refractivity contribution in [3.63, 3.8) is 0 Å². The van der Waals surface area contributed by atoms with Crippen molar-refractivity contribution in [2.24, 2.45) is 11.8 Å². The first-order chi connectivity index (χ1) is 9.82. The van der Waals surface area contributed by atoms with Crippen LogP contribution in [-0.4, -0.2) is 30.1 Å². The van der Waals surface area contributed by atoms with E-state index in [9.17, 15) is 14.7 Å². The predicted molar refractivity (Wildman–Crippen MR) is 81.3 cm³/mol. The summed E-state index contributed by atoms with van der Waals surface area (Å²) in [6.45, 7) is 7.03. The van der Waals surface area contributed by atoms with Crippen LogP contribution in [-0.2, 0) is 15.0 Å². The minimum absolute atomic E-state index is 0.00625. The molecule has 0 spiro atoms. The van der Waals surface area contributed by atoms with E-state index in [4.69, 9.17) is 0 Å². The lowest BCUT2D eigenvalue weighted by Gasteiger charge is -2.31. The molecule has 1 atom stereocenters. The molecule has 1 saturated heterocycles. The number of anilines is 1. The Hall–Kier alpha value is -1.88. The van der Waals surface area contributed by atoms with Gasteiger partial charge in [-0.1, -0.05) is 19.1 Å². The fourth-order valence-corrected chi connectivity index (χ4v) is 2.23. The number of nitrogens with one attached hydrogen (secondary N) is 2. The van der Waals surface area contributed by atoms with Crippen LogP contribution in [0.5, 0.6) is 0 Å². The summed E-state index contributed by atoms with van der Waals surface area (Å²) in [5, 5.41) is 15.2. The highest BCUT2D eigenvalue weighted by atomic mass is 16.4. The topological polar surface area (TPSA) is 78.4 Å². The first-order valence-corrected chi connectivity index (χ1v) is 7.18. The van der Waals surface area contributed by atoms with Crippen molar-refractivity contribution < 1.29 is 14.7 Å². The van der Waals surface area contributed by atoms with E-state index in [2.05, 4.69) is 10.6 Å². The van der Waals surface area contributed by atoms with Crippen LogP contribution in [0.2, 0.25) is 0 Å². The number of benzene rings is 1. The molecular formula is C16H22N2O3. The zero-order valence-electron chi connectivity index (χ0n) is 12.6. The summed E-state index contributed by atoms with van der Waals surface area (Å²) in [5.74, 6) is -0.492. The fourth-order valence-electron chi connectivity index (χ4n) is 2.23. The molecule has 0 bridgehead atoms. The lowest BCUT2D eigenvalue weighted by Crippen LogP contribution is -2.48. The predicted octanol–water partition coefficient (Wildman–Crippen LogP) is 1.84. The summed E-state index contributed by atoms with van der Waals surface area (Å²) >= 11 is 0. The Morgan fingerprint density at radius 1 is 1.29 bits per heavy atom. The number of carbonyl (C=O) groups is 2. The van der Waals surface area contributed by atoms with Crippen LogP contribution in [0.1, 0.15) is 26.3 Å². The molecule has 0 aromatic heterocycles. The lowest BCUT2D eigenvalue weighted by atomic mass is 9.85. The summed E-state index contributed by atoms with van der Waals surface area (Å²) < 4.78 is 0. The van der Waals surface area contributed by atoms with Gasteiger partial charge >= 0.3 is 5.97 Å². The van der Waals surface area contributed by atoms with Crippen LogP contribution in [0.25, 0.3) is 0 Å². The molecule has 1 fully saturated rings. The molecule has 5 nitrogen and oxygen atoms in total. The maximum absolute atomic E-state index is 12.1. The third-order valence-electron chi connectivity index (χ3n) is 4.34. The second-order valence-corrected chi connectivity index (χ2v) is 6.20. The molecule has 1 unspecified atom stereocenters. The molecule has 5 heteroatoms. The summed E-state index contributed by atoms with van der Waals surface area (Å²) in [6.07, 6.45) is 0. The maximum atomic E-state index is 12.1. The quantitative estimate of drug-likeness (QED) is 0.773. The molecule has 1 heterocycles. The van der Waals surface area contributed by atoms with Crippen molar-refractivity contribution in [3.05, 3.63) is 29.8 Å². The number of carbonyl (C=O) groups excluding carboxylic acids is 1. The monoisotopic (exact) mass is 290 g/mol. The Morgan fingerprint density at radius 3 is 2.29 bits per heavy atom. The molecule has 2 rings (SSSR count). The van der Waals surface area contributed by atoms with Gasteiger partial charge in [-0.3, -0.25) is 9.59 Å². The zero-order chi connectivity index (χ0) is 15.6. The largest absolute Gasteiger partial charge is 0.481 e. The number of aliphatic carboxylic acids is 1. The minimum atomic E-state index is -0.937. The van der Waals surface area contributed by atoms with E-state index in [1.165, 1.54) is 0 Å². The molecule has 3 N–H and O–H groups in total. The summed E-state index contributed by atoms with van der Waals surface area (Å²) in [4.78, 5) is 23.3. The zero-order valence-corrected chi connectivity index (χ0v) is 12.6. The van der Waals surface area contributed by atoms with Gasteiger partial charge in [-0.25, -0.2) is 0 Å². The molecule has 0 radical (unpaired) electrons. The lowest BCUT2D eigenvalue weighted by molar-refractivity contribution is -0.142. The van der Waals surface area contributed by atoms with E-state index in [-0.39, 0.29) is 11.8 Å². The normalized spacial score (nSPS) is 16.9. The molecule has 21 heavy (non-hydrogen) atoms. The van der Waals surface area contributed by atoms with Crippen molar-refractivity contribution in [3.8, 4) is 0 Å².